The summed E-state index contributed by atoms with van der Waals surface area (Å²) < 4.78 is 17.6. The van der Waals surface area contributed by atoms with Crippen LogP contribution >= 0.6 is 0 Å². The molecule has 0 aromatic heterocycles. The molecule has 6 heteroatoms. The van der Waals surface area contributed by atoms with Crippen molar-refractivity contribution < 1.29 is 13.8 Å². The second-order valence-corrected chi connectivity index (χ2v) is 10.0. The molecule has 0 spiro atoms. The molecule has 2 aliphatic heterocycles. The molecule has 27 heavy (non-hydrogen) atoms. The van der Waals surface area contributed by atoms with Crippen LogP contribution in [0, 0.1) is 0 Å². The van der Waals surface area contributed by atoms with Crippen molar-refractivity contribution in [3.05, 3.63) is 48.6 Å². The van der Waals surface area contributed by atoms with Crippen molar-refractivity contribution in [2.75, 3.05) is 24.6 Å². The molecule has 0 bridgehead atoms. The van der Waals surface area contributed by atoms with Crippen molar-refractivity contribution in [1.82, 2.24) is 4.90 Å². The minimum absolute atomic E-state index is 0.115. The van der Waals surface area contributed by atoms with Crippen molar-refractivity contribution in [3.8, 4) is 0 Å². The summed E-state index contributed by atoms with van der Waals surface area (Å²) in [5.74, 6) is 0.650. The van der Waals surface area contributed by atoms with Gasteiger partial charge in [-0.25, -0.2) is 4.21 Å². The third-order valence-corrected chi connectivity index (χ3v) is 8.12. The van der Waals surface area contributed by atoms with Gasteiger partial charge in [0.2, 0.25) is 5.91 Å². The molecule has 0 atom stereocenters. The molecule has 1 aromatic carbocycles. The number of nitrogens with zero attached hydrogens (tertiary/aromatic N) is 2. The van der Waals surface area contributed by atoms with Crippen molar-refractivity contribution in [2.24, 2.45) is 4.36 Å². The van der Waals surface area contributed by atoms with E-state index in [1.807, 2.05) is 30.3 Å². The maximum absolute atomic E-state index is 13.4. The minimum Gasteiger partial charge on any atom is -0.339 e. The van der Waals surface area contributed by atoms with Crippen molar-refractivity contribution in [2.45, 2.75) is 43.9 Å². The number of carbonyl (C=O) groups is 2. The first-order valence-corrected chi connectivity index (χ1v) is 11.6. The van der Waals surface area contributed by atoms with E-state index in [0.717, 1.165) is 31.2 Å². The van der Waals surface area contributed by atoms with Crippen molar-refractivity contribution in [1.29, 1.82) is 0 Å². The van der Waals surface area contributed by atoms with E-state index in [-0.39, 0.29) is 11.8 Å². The van der Waals surface area contributed by atoms with Gasteiger partial charge in [0.1, 0.15) is 0 Å². The quantitative estimate of drug-likeness (QED) is 0.746. The van der Waals surface area contributed by atoms with E-state index in [1.54, 1.807) is 4.90 Å². The number of amides is 2. The molecule has 2 aliphatic rings. The highest BCUT2D eigenvalue weighted by Crippen LogP contribution is 2.37. The monoisotopic (exact) mass is 388 g/mol. The number of likely N-dealkylation sites (tertiary alicyclic amines) is 1. The fourth-order valence-corrected chi connectivity index (χ4v) is 6.24. The zero-order chi connectivity index (χ0) is 19.3. The van der Waals surface area contributed by atoms with E-state index in [9.17, 15) is 13.8 Å². The molecular formula is C21H28N2O3S. The van der Waals surface area contributed by atoms with Crippen molar-refractivity contribution in [3.63, 3.8) is 0 Å². The molecule has 2 heterocycles. The lowest BCUT2D eigenvalue weighted by molar-refractivity contribution is -0.132. The Morgan fingerprint density at radius 2 is 1.63 bits per heavy atom. The van der Waals surface area contributed by atoms with Gasteiger partial charge in [0.25, 0.3) is 5.91 Å². The molecule has 0 saturated carbocycles. The fourth-order valence-electron chi connectivity index (χ4n) is 4.06. The summed E-state index contributed by atoms with van der Waals surface area (Å²) in [6, 6.07) is 9.63. The zero-order valence-electron chi connectivity index (χ0n) is 15.8. The molecule has 0 radical (unpaired) electrons. The third kappa shape index (κ3) is 4.32. The van der Waals surface area contributed by atoms with Gasteiger partial charge in [-0.05, 0) is 37.3 Å². The summed E-state index contributed by atoms with van der Waals surface area (Å²) >= 11 is 0. The average Bonchev–Trinajstić information content (AvgIpc) is 2.92. The highest BCUT2D eigenvalue weighted by Gasteiger charge is 2.44. The van der Waals surface area contributed by atoms with E-state index in [2.05, 4.69) is 10.9 Å². The Balaban J connectivity index is 1.94. The van der Waals surface area contributed by atoms with E-state index < -0.39 is 15.1 Å². The highest BCUT2D eigenvalue weighted by atomic mass is 32.2. The summed E-state index contributed by atoms with van der Waals surface area (Å²) in [6.45, 7) is 4.49. The third-order valence-electron chi connectivity index (χ3n) is 5.76. The second-order valence-electron chi connectivity index (χ2n) is 7.47. The Morgan fingerprint density at radius 3 is 2.19 bits per heavy atom. The largest absolute Gasteiger partial charge is 0.339 e. The van der Waals surface area contributed by atoms with Crippen LogP contribution in [-0.4, -0.2) is 45.5 Å². The summed E-state index contributed by atoms with van der Waals surface area (Å²) in [6.07, 6.45) is 6.16. The Kier molecular flexibility index (Phi) is 6.15. The van der Waals surface area contributed by atoms with E-state index in [0.29, 0.717) is 37.4 Å². The molecule has 2 fully saturated rings. The van der Waals surface area contributed by atoms with Gasteiger partial charge in [-0.1, -0.05) is 49.8 Å². The Hall–Kier alpha value is -1.95. The SMILES string of the molecule is C=CC(=O)N1CCC(C(=O)N=S2(=O)CCCCCC2)(c2ccccc2)CC1. The van der Waals surface area contributed by atoms with Crippen LogP contribution in [0.4, 0.5) is 0 Å². The lowest BCUT2D eigenvalue weighted by Crippen LogP contribution is -2.48. The van der Waals surface area contributed by atoms with Gasteiger partial charge >= 0.3 is 0 Å². The molecule has 146 valence electrons. The van der Waals surface area contributed by atoms with Gasteiger partial charge in [0, 0.05) is 24.6 Å². The van der Waals surface area contributed by atoms with Gasteiger partial charge in [0.15, 0.2) is 0 Å². The zero-order valence-corrected chi connectivity index (χ0v) is 16.6. The minimum atomic E-state index is -2.48. The van der Waals surface area contributed by atoms with Gasteiger partial charge in [-0.15, -0.1) is 0 Å². The number of carbonyl (C=O) groups excluding carboxylic acids is 2. The van der Waals surface area contributed by atoms with Gasteiger partial charge < -0.3 is 4.90 Å². The molecule has 1 aromatic rings. The van der Waals surface area contributed by atoms with Gasteiger partial charge in [-0.2, -0.15) is 4.36 Å². The number of hydrogen-bond donors (Lipinski definition) is 0. The molecule has 0 aliphatic carbocycles. The number of rotatable bonds is 3. The van der Waals surface area contributed by atoms with E-state index in [1.165, 1.54) is 6.08 Å². The van der Waals surface area contributed by atoms with Gasteiger partial charge in [-0.3, -0.25) is 9.59 Å². The highest BCUT2D eigenvalue weighted by molar-refractivity contribution is 7.93. The fraction of sp³-hybridized carbons (Fsp3) is 0.524. The van der Waals surface area contributed by atoms with Crippen LogP contribution < -0.4 is 0 Å². The Labute approximate surface area is 162 Å². The topological polar surface area (TPSA) is 66.8 Å². The molecular weight excluding hydrogens is 360 g/mol. The van der Waals surface area contributed by atoms with Crippen molar-refractivity contribution >= 4 is 21.5 Å². The standard InChI is InChI=1S/C21H28N2O3S/c1-2-19(24)23-14-12-21(13-15-23,18-10-6-5-7-11-18)20(25)22-27(26)16-8-3-4-9-17-27/h2,5-7,10-11H,1,3-4,8-9,12-17H2. The first-order valence-electron chi connectivity index (χ1n) is 9.73. The van der Waals surface area contributed by atoms with Crippen LogP contribution in [0.15, 0.2) is 47.3 Å². The second kappa shape index (κ2) is 8.38. The first-order chi connectivity index (χ1) is 13.0. The Bertz CT molecular complexity index is 803. The lowest BCUT2D eigenvalue weighted by Gasteiger charge is -2.39. The van der Waals surface area contributed by atoms with Crippen LogP contribution in [0.2, 0.25) is 0 Å². The normalized spacial score (nSPS) is 21.7. The molecule has 3 rings (SSSR count). The lowest BCUT2D eigenvalue weighted by atomic mass is 9.72. The van der Waals surface area contributed by atoms with Crippen LogP contribution in [-0.2, 0) is 24.7 Å². The van der Waals surface area contributed by atoms with Crippen LogP contribution in [0.3, 0.4) is 0 Å². The van der Waals surface area contributed by atoms with Crippen LogP contribution in [0.5, 0.6) is 0 Å². The van der Waals surface area contributed by atoms with Crippen LogP contribution in [0.25, 0.3) is 0 Å². The summed E-state index contributed by atoms with van der Waals surface area (Å²) in [4.78, 5) is 27.0. The van der Waals surface area contributed by atoms with E-state index >= 15 is 0 Å². The number of benzene rings is 1. The Morgan fingerprint density at radius 1 is 1.04 bits per heavy atom. The molecule has 2 amide bonds. The average molecular weight is 389 g/mol. The smallest absolute Gasteiger partial charge is 0.264 e. The molecule has 2 saturated heterocycles. The first kappa shape index (κ1) is 19.8. The number of hydrogen-bond acceptors (Lipinski definition) is 3. The molecule has 5 nitrogen and oxygen atoms in total. The van der Waals surface area contributed by atoms with E-state index in [4.69, 9.17) is 0 Å². The summed E-state index contributed by atoms with van der Waals surface area (Å²) in [5, 5.41) is 0. The molecule has 0 N–H and O–H groups in total. The number of piperidine rings is 1. The van der Waals surface area contributed by atoms with Gasteiger partial charge in [0.05, 0.1) is 15.1 Å². The predicted molar refractivity (Wildman–Crippen MR) is 108 cm³/mol. The maximum atomic E-state index is 13.4. The summed E-state index contributed by atoms with van der Waals surface area (Å²) in [5.41, 5.74) is 0.108. The maximum Gasteiger partial charge on any atom is 0.264 e. The van der Waals surface area contributed by atoms with Crippen LogP contribution in [0.1, 0.15) is 44.1 Å². The predicted octanol–water partition coefficient (Wildman–Crippen LogP) is 3.30. The summed E-state index contributed by atoms with van der Waals surface area (Å²) in [7, 11) is -2.48. The molecule has 0 unspecified atom stereocenters.